The molecule has 0 rings (SSSR count). The third-order valence-corrected chi connectivity index (χ3v) is 5.06. The van der Waals surface area contributed by atoms with E-state index in [1.54, 1.807) is 6.08 Å². The lowest BCUT2D eigenvalue weighted by molar-refractivity contribution is 0.180. The first kappa shape index (κ1) is 24.5. The zero-order valence-electron chi connectivity index (χ0n) is 15.9. The van der Waals surface area contributed by atoms with Gasteiger partial charge in [-0.3, -0.25) is 0 Å². The Bertz CT molecular complexity index is 319. The average molecular weight is 361 g/mol. The fraction of sp³-hybridized carbons (Fsp3) is 0.900. The Hall–Kier alpha value is -0.460. The topological polar surface area (TPSA) is 101 Å². The van der Waals surface area contributed by atoms with Gasteiger partial charge in [-0.2, -0.15) is 0 Å². The van der Waals surface area contributed by atoms with Crippen molar-refractivity contribution in [3.8, 4) is 0 Å². The van der Waals surface area contributed by atoms with Crippen molar-refractivity contribution in [1.29, 1.82) is 0 Å². The maximum Gasteiger partial charge on any atom is 0.0642 e. The summed E-state index contributed by atoms with van der Waals surface area (Å²) >= 11 is 0. The van der Waals surface area contributed by atoms with Crippen molar-refractivity contribution in [2.24, 2.45) is 17.8 Å². The average Bonchev–Trinajstić information content (AvgIpc) is 2.64. The van der Waals surface area contributed by atoms with E-state index in [9.17, 15) is 10.2 Å². The highest BCUT2D eigenvalue weighted by Gasteiger charge is 2.12. The molecule has 0 aliphatic heterocycles. The van der Waals surface area contributed by atoms with Crippen LogP contribution < -0.4 is 0 Å². The Balaban J connectivity index is 3.94. The molecule has 25 heavy (non-hydrogen) atoms. The molecule has 5 N–H and O–H groups in total. The van der Waals surface area contributed by atoms with Gasteiger partial charge in [0.2, 0.25) is 0 Å². The lowest BCUT2D eigenvalue weighted by Crippen LogP contribution is -2.11. The molecule has 0 saturated carbocycles. The fourth-order valence-electron chi connectivity index (χ4n) is 3.19. The molecular formula is C20H40O5. The van der Waals surface area contributed by atoms with E-state index in [1.165, 1.54) is 0 Å². The second-order valence-corrected chi connectivity index (χ2v) is 7.34. The van der Waals surface area contributed by atoms with E-state index in [0.717, 1.165) is 63.4 Å². The van der Waals surface area contributed by atoms with Gasteiger partial charge in [-0.1, -0.05) is 25.8 Å². The van der Waals surface area contributed by atoms with Crippen LogP contribution in [0.25, 0.3) is 0 Å². The van der Waals surface area contributed by atoms with Crippen LogP contribution in [0.2, 0.25) is 0 Å². The lowest BCUT2D eigenvalue weighted by Gasteiger charge is -2.18. The van der Waals surface area contributed by atoms with Crippen LogP contribution in [0.5, 0.6) is 0 Å². The minimum absolute atomic E-state index is 0.0164. The predicted octanol–water partition coefficient (Wildman–Crippen LogP) is 2.25. The number of hydrogen-bond acceptors (Lipinski definition) is 5. The molecule has 0 aliphatic rings. The van der Waals surface area contributed by atoms with Crippen molar-refractivity contribution in [3.63, 3.8) is 0 Å². The SMILES string of the molecule is CC(CO)CCCC(CO)CCCC(CO)CCCC(=CCO)CO. The minimum atomic E-state index is -0.0427. The summed E-state index contributed by atoms with van der Waals surface area (Å²) in [5.74, 6) is 0.920. The van der Waals surface area contributed by atoms with Crippen molar-refractivity contribution < 1.29 is 25.5 Å². The fourth-order valence-corrected chi connectivity index (χ4v) is 3.19. The highest BCUT2D eigenvalue weighted by Crippen LogP contribution is 2.22. The van der Waals surface area contributed by atoms with Crippen molar-refractivity contribution in [2.75, 3.05) is 33.0 Å². The first-order valence-electron chi connectivity index (χ1n) is 9.83. The molecule has 3 atom stereocenters. The van der Waals surface area contributed by atoms with Gasteiger partial charge in [0, 0.05) is 19.8 Å². The van der Waals surface area contributed by atoms with E-state index < -0.39 is 0 Å². The monoisotopic (exact) mass is 360 g/mol. The molecule has 0 aromatic carbocycles. The Labute approximate surface area is 153 Å². The smallest absolute Gasteiger partial charge is 0.0642 e. The van der Waals surface area contributed by atoms with E-state index in [4.69, 9.17) is 15.3 Å². The third-order valence-electron chi connectivity index (χ3n) is 5.06. The summed E-state index contributed by atoms with van der Waals surface area (Å²) in [6, 6.07) is 0. The minimum Gasteiger partial charge on any atom is -0.396 e. The number of hydrogen-bond donors (Lipinski definition) is 5. The predicted molar refractivity (Wildman–Crippen MR) is 101 cm³/mol. The Morgan fingerprint density at radius 3 is 1.68 bits per heavy atom. The van der Waals surface area contributed by atoms with E-state index in [1.807, 2.05) is 6.92 Å². The van der Waals surface area contributed by atoms with Crippen molar-refractivity contribution >= 4 is 0 Å². The molecule has 0 fully saturated rings. The van der Waals surface area contributed by atoms with Gasteiger partial charge < -0.3 is 25.5 Å². The number of rotatable bonds is 17. The molecule has 0 aliphatic carbocycles. The molecule has 0 aromatic heterocycles. The largest absolute Gasteiger partial charge is 0.396 e. The van der Waals surface area contributed by atoms with E-state index in [0.29, 0.717) is 11.8 Å². The summed E-state index contributed by atoms with van der Waals surface area (Å²) in [6.07, 6.45) is 10.2. The standard InChI is InChI=1S/C20H40O5/c1-17(13-22)5-2-6-18(14-23)7-3-8-19(15-24)9-4-10-20(16-25)11-12-21/h11,17-19,21-25H,2-10,12-16H2,1H3. The van der Waals surface area contributed by atoms with Crippen LogP contribution in [-0.2, 0) is 0 Å². The van der Waals surface area contributed by atoms with Gasteiger partial charge in [-0.25, -0.2) is 0 Å². The molecule has 0 radical (unpaired) electrons. The maximum atomic E-state index is 9.53. The molecule has 0 bridgehead atoms. The van der Waals surface area contributed by atoms with Gasteiger partial charge >= 0.3 is 0 Å². The second kappa shape index (κ2) is 17.0. The van der Waals surface area contributed by atoms with E-state index in [-0.39, 0.29) is 39.0 Å². The van der Waals surface area contributed by atoms with Crippen LogP contribution in [0.1, 0.15) is 64.7 Å². The quantitative estimate of drug-likeness (QED) is 0.256. The summed E-state index contributed by atoms with van der Waals surface area (Å²) in [5.41, 5.74) is 0.858. The molecule has 3 unspecified atom stereocenters. The first-order chi connectivity index (χ1) is 12.1. The van der Waals surface area contributed by atoms with Crippen LogP contribution in [0, 0.1) is 17.8 Å². The van der Waals surface area contributed by atoms with E-state index in [2.05, 4.69) is 0 Å². The van der Waals surface area contributed by atoms with E-state index >= 15 is 0 Å². The molecule has 0 aromatic rings. The van der Waals surface area contributed by atoms with Crippen LogP contribution in [0.3, 0.4) is 0 Å². The molecule has 5 nitrogen and oxygen atoms in total. The van der Waals surface area contributed by atoms with Crippen molar-refractivity contribution in [3.05, 3.63) is 11.6 Å². The second-order valence-electron chi connectivity index (χ2n) is 7.34. The third kappa shape index (κ3) is 13.4. The summed E-state index contributed by atoms with van der Waals surface area (Å²) in [7, 11) is 0. The molecule has 0 saturated heterocycles. The summed E-state index contributed by atoms with van der Waals surface area (Å²) in [5, 5.41) is 46.1. The summed E-state index contributed by atoms with van der Waals surface area (Å²) < 4.78 is 0. The molecule has 150 valence electrons. The Morgan fingerprint density at radius 2 is 1.24 bits per heavy atom. The van der Waals surface area contributed by atoms with Gasteiger partial charge in [0.1, 0.15) is 0 Å². The zero-order valence-corrected chi connectivity index (χ0v) is 15.9. The summed E-state index contributed by atoms with van der Waals surface area (Å²) in [4.78, 5) is 0. The van der Waals surface area contributed by atoms with Crippen LogP contribution in [-0.4, -0.2) is 58.6 Å². The zero-order chi connectivity index (χ0) is 18.9. The molecule has 0 spiro atoms. The van der Waals surface area contributed by atoms with Crippen LogP contribution >= 0.6 is 0 Å². The Morgan fingerprint density at radius 1 is 0.720 bits per heavy atom. The highest BCUT2D eigenvalue weighted by molar-refractivity contribution is 5.01. The molecule has 0 amide bonds. The molecule has 5 heteroatoms. The molecular weight excluding hydrogens is 320 g/mol. The highest BCUT2D eigenvalue weighted by atomic mass is 16.3. The number of aliphatic hydroxyl groups is 5. The Kier molecular flexibility index (Phi) is 16.7. The van der Waals surface area contributed by atoms with Gasteiger partial charge in [0.15, 0.2) is 0 Å². The maximum absolute atomic E-state index is 9.53. The van der Waals surface area contributed by atoms with Gasteiger partial charge in [-0.15, -0.1) is 0 Å². The van der Waals surface area contributed by atoms with Gasteiger partial charge in [0.05, 0.1) is 13.2 Å². The van der Waals surface area contributed by atoms with Gasteiger partial charge in [0.25, 0.3) is 0 Å². The first-order valence-corrected chi connectivity index (χ1v) is 9.83. The normalized spacial score (nSPS) is 16.0. The number of aliphatic hydroxyl groups excluding tert-OH is 5. The van der Waals surface area contributed by atoms with Crippen molar-refractivity contribution in [2.45, 2.75) is 64.7 Å². The summed E-state index contributed by atoms with van der Waals surface area (Å²) in [6.45, 7) is 2.60. The van der Waals surface area contributed by atoms with Crippen LogP contribution in [0.15, 0.2) is 11.6 Å². The molecule has 0 heterocycles. The van der Waals surface area contributed by atoms with Crippen molar-refractivity contribution in [1.82, 2.24) is 0 Å². The van der Waals surface area contributed by atoms with Gasteiger partial charge in [-0.05, 0) is 68.3 Å². The lowest BCUT2D eigenvalue weighted by atomic mass is 9.90. The van der Waals surface area contributed by atoms with Crippen LogP contribution in [0.4, 0.5) is 0 Å².